The lowest BCUT2D eigenvalue weighted by Crippen LogP contribution is -2.24. The van der Waals surface area contributed by atoms with Crippen LogP contribution in [0.4, 0.5) is 13.2 Å². The van der Waals surface area contributed by atoms with E-state index < -0.39 is 17.6 Å². The van der Waals surface area contributed by atoms with Crippen LogP contribution in [0.2, 0.25) is 0 Å². The highest BCUT2D eigenvalue weighted by Crippen LogP contribution is 2.67. The summed E-state index contributed by atoms with van der Waals surface area (Å²) in [4.78, 5) is 12.3. The molecule has 0 spiro atoms. The van der Waals surface area contributed by atoms with Gasteiger partial charge in [-0.05, 0) is 36.0 Å². The molecule has 4 aliphatic carbocycles. The Balaban J connectivity index is 1.36. The molecule has 1 fully saturated rings. The van der Waals surface area contributed by atoms with Gasteiger partial charge in [-0.25, -0.2) is 0 Å². The van der Waals surface area contributed by atoms with Crippen LogP contribution in [0.1, 0.15) is 40.5 Å². The summed E-state index contributed by atoms with van der Waals surface area (Å²) in [6.45, 7) is 0. The third kappa shape index (κ3) is 2.43. The van der Waals surface area contributed by atoms with Crippen molar-refractivity contribution in [3.05, 3.63) is 58.7 Å². The Hall–Kier alpha value is -2.90. The minimum atomic E-state index is -4.43. The van der Waals surface area contributed by atoms with E-state index in [4.69, 9.17) is 0 Å². The summed E-state index contributed by atoms with van der Waals surface area (Å²) >= 11 is 0. The number of allylic oxidation sites excluding steroid dienone is 2. The number of carbonyl (C=O) groups is 1. The molecule has 0 saturated heterocycles. The van der Waals surface area contributed by atoms with Crippen LogP contribution in [-0.4, -0.2) is 20.8 Å². The molecule has 1 saturated carbocycles. The van der Waals surface area contributed by atoms with E-state index in [2.05, 4.69) is 17.6 Å². The molecule has 4 atom stereocenters. The highest BCUT2D eigenvalue weighted by molar-refractivity contribution is 5.86. The van der Waals surface area contributed by atoms with Crippen molar-refractivity contribution >= 4 is 5.91 Å². The number of alkyl halides is 3. The number of aromatic nitrogens is 1. The van der Waals surface area contributed by atoms with Crippen molar-refractivity contribution in [3.8, 4) is 11.8 Å². The van der Waals surface area contributed by atoms with Gasteiger partial charge in [-0.15, -0.1) is 0 Å². The van der Waals surface area contributed by atoms with E-state index in [0.717, 1.165) is 23.2 Å². The Labute approximate surface area is 158 Å². The molecular formula is C20H17F3N2O3. The molecule has 3 N–H and O–H groups in total. The lowest BCUT2D eigenvalue weighted by atomic mass is 9.73. The minimum absolute atomic E-state index is 0.0453. The molecule has 4 unspecified atom stereocenters. The van der Waals surface area contributed by atoms with Crippen molar-refractivity contribution in [2.45, 2.75) is 30.9 Å². The van der Waals surface area contributed by atoms with Gasteiger partial charge in [0, 0.05) is 23.0 Å². The van der Waals surface area contributed by atoms with Crippen LogP contribution in [0.15, 0.2) is 36.4 Å². The third-order valence-corrected chi connectivity index (χ3v) is 6.08. The highest BCUT2D eigenvalue weighted by Gasteiger charge is 2.57. The van der Waals surface area contributed by atoms with Gasteiger partial charge in [0.25, 0.3) is 0 Å². The molecule has 28 heavy (non-hydrogen) atoms. The lowest BCUT2D eigenvalue weighted by molar-refractivity contribution is -0.137. The first-order valence-corrected chi connectivity index (χ1v) is 9.06. The van der Waals surface area contributed by atoms with Crippen LogP contribution < -0.4 is 5.43 Å². The maximum Gasteiger partial charge on any atom is 0.416 e. The Morgan fingerprint density at radius 2 is 1.57 bits per heavy atom. The van der Waals surface area contributed by atoms with E-state index >= 15 is 0 Å². The quantitative estimate of drug-likeness (QED) is 0.701. The number of rotatable bonds is 3. The largest absolute Gasteiger partial charge is 0.493 e. The fraction of sp³-hybridized carbons (Fsp3) is 0.350. The Kier molecular flexibility index (Phi) is 3.42. The van der Waals surface area contributed by atoms with Crippen molar-refractivity contribution in [3.63, 3.8) is 0 Å². The van der Waals surface area contributed by atoms with E-state index in [9.17, 15) is 28.2 Å². The normalized spacial score (nSPS) is 26.7. The molecule has 0 aliphatic heterocycles. The summed E-state index contributed by atoms with van der Waals surface area (Å²) in [5.41, 5.74) is 3.39. The molecule has 4 aliphatic rings. The number of benzene rings is 1. The maximum atomic E-state index is 12.6. The number of nitrogens with zero attached hydrogens (tertiary/aromatic N) is 1. The molecule has 2 bridgehead atoms. The molecule has 8 heteroatoms. The van der Waals surface area contributed by atoms with Crippen molar-refractivity contribution in [1.29, 1.82) is 0 Å². The molecule has 1 amide bonds. The predicted octanol–water partition coefficient (Wildman–Crippen LogP) is 3.62. The number of amides is 1. The molecule has 6 rings (SSSR count). The van der Waals surface area contributed by atoms with Crippen LogP contribution in [-0.2, 0) is 17.4 Å². The summed E-state index contributed by atoms with van der Waals surface area (Å²) in [6.07, 6.45) is 0.548. The van der Waals surface area contributed by atoms with Crippen molar-refractivity contribution in [2.24, 2.45) is 11.8 Å². The highest BCUT2D eigenvalue weighted by atomic mass is 19.4. The molecule has 2 aromatic rings. The summed E-state index contributed by atoms with van der Waals surface area (Å²) < 4.78 is 38.9. The molecule has 0 radical (unpaired) electrons. The first-order valence-electron chi connectivity index (χ1n) is 9.06. The van der Waals surface area contributed by atoms with Gasteiger partial charge in [-0.1, -0.05) is 24.3 Å². The first kappa shape index (κ1) is 17.2. The van der Waals surface area contributed by atoms with Crippen LogP contribution in [0.25, 0.3) is 0 Å². The van der Waals surface area contributed by atoms with Crippen molar-refractivity contribution < 1.29 is 28.2 Å². The predicted molar refractivity (Wildman–Crippen MR) is 93.5 cm³/mol. The van der Waals surface area contributed by atoms with Gasteiger partial charge in [-0.3, -0.25) is 10.2 Å². The zero-order chi connectivity index (χ0) is 19.8. The molecular weight excluding hydrogens is 373 g/mol. The summed E-state index contributed by atoms with van der Waals surface area (Å²) in [5.74, 6) is 0.130. The number of hydrogen-bond donors (Lipinski definition) is 3. The number of nitrogens with one attached hydrogen (secondary N) is 1. The van der Waals surface area contributed by atoms with Gasteiger partial charge in [0.05, 0.1) is 12.0 Å². The number of halogens is 3. The standard InChI is InChI=1S/C20H17F3N2O3/c21-20(22,23)10-3-1-9(2-4-10)7-15(26)24-25-18(27)16-11-5-6-12(14-8-13(11)14)17(16)19(25)28/h1-6,11-14,27-28H,7-8H2,(H,24,26). The minimum Gasteiger partial charge on any atom is -0.493 e. The zero-order valence-electron chi connectivity index (χ0n) is 14.6. The molecule has 1 aromatic heterocycles. The van der Waals surface area contributed by atoms with Gasteiger partial charge in [-0.2, -0.15) is 17.8 Å². The molecule has 1 aromatic carbocycles. The maximum absolute atomic E-state index is 12.6. The first-order chi connectivity index (χ1) is 13.3. The Bertz CT molecular complexity index is 966. The van der Waals surface area contributed by atoms with Crippen LogP contribution in [0.3, 0.4) is 0 Å². The van der Waals surface area contributed by atoms with E-state index in [1.807, 2.05) is 0 Å². The Morgan fingerprint density at radius 3 is 2.07 bits per heavy atom. The lowest BCUT2D eigenvalue weighted by Gasteiger charge is -2.29. The van der Waals surface area contributed by atoms with Crippen LogP contribution in [0.5, 0.6) is 11.8 Å². The van der Waals surface area contributed by atoms with E-state index in [1.54, 1.807) is 0 Å². The second-order valence-corrected chi connectivity index (χ2v) is 7.72. The summed E-state index contributed by atoms with van der Waals surface area (Å²) in [7, 11) is 0. The van der Waals surface area contributed by atoms with Gasteiger partial charge >= 0.3 is 6.18 Å². The zero-order valence-corrected chi connectivity index (χ0v) is 14.6. The van der Waals surface area contributed by atoms with Crippen molar-refractivity contribution in [2.75, 3.05) is 5.43 Å². The van der Waals surface area contributed by atoms with Gasteiger partial charge in [0.2, 0.25) is 17.7 Å². The molecule has 146 valence electrons. The molecule has 5 nitrogen and oxygen atoms in total. The van der Waals surface area contributed by atoms with Crippen molar-refractivity contribution in [1.82, 2.24) is 4.68 Å². The Morgan fingerprint density at radius 1 is 1.04 bits per heavy atom. The fourth-order valence-electron chi connectivity index (χ4n) is 4.71. The number of aromatic hydroxyl groups is 2. The summed E-state index contributed by atoms with van der Waals surface area (Å²) in [5, 5.41) is 21.2. The third-order valence-electron chi connectivity index (χ3n) is 6.08. The average molecular weight is 390 g/mol. The second kappa shape index (κ2) is 5.56. The summed E-state index contributed by atoms with van der Waals surface area (Å²) in [6, 6.07) is 4.31. The van der Waals surface area contributed by atoms with E-state index in [1.165, 1.54) is 12.1 Å². The van der Waals surface area contributed by atoms with Crippen LogP contribution >= 0.6 is 0 Å². The fourth-order valence-corrected chi connectivity index (χ4v) is 4.71. The number of carbonyl (C=O) groups excluding carboxylic acids is 1. The van der Waals surface area contributed by atoms with Gasteiger partial charge < -0.3 is 10.2 Å². The van der Waals surface area contributed by atoms with Gasteiger partial charge in [0.15, 0.2) is 0 Å². The van der Waals surface area contributed by atoms with Crippen LogP contribution in [0, 0.1) is 11.8 Å². The number of hydrogen-bond acceptors (Lipinski definition) is 3. The smallest absolute Gasteiger partial charge is 0.416 e. The topological polar surface area (TPSA) is 74.5 Å². The van der Waals surface area contributed by atoms with E-state index in [0.29, 0.717) is 28.5 Å². The average Bonchev–Trinajstić information content (AvgIpc) is 3.43. The second-order valence-electron chi connectivity index (χ2n) is 7.72. The van der Waals surface area contributed by atoms with Gasteiger partial charge in [0.1, 0.15) is 0 Å². The van der Waals surface area contributed by atoms with E-state index in [-0.39, 0.29) is 30.0 Å². The monoisotopic (exact) mass is 390 g/mol. The molecule has 1 heterocycles. The SMILES string of the molecule is O=C(Cc1ccc(C(F)(F)F)cc1)Nn1c(O)c2c(c1O)C1C=CC2C2CC12.